The number of anilines is 1. The molecule has 0 atom stereocenters. The molecule has 2 rings (SSSR count). The average molecular weight is 289 g/mol. The molecule has 0 unspecified atom stereocenters. The molecule has 0 saturated carbocycles. The van der Waals surface area contributed by atoms with Crippen molar-refractivity contribution in [3.05, 3.63) is 40.2 Å². The van der Waals surface area contributed by atoms with Gasteiger partial charge in [0.2, 0.25) is 0 Å². The summed E-state index contributed by atoms with van der Waals surface area (Å²) in [4.78, 5) is 14.9. The van der Waals surface area contributed by atoms with Gasteiger partial charge < -0.3 is 10.1 Å². The van der Waals surface area contributed by atoms with Crippen molar-refractivity contribution in [1.82, 2.24) is 4.98 Å². The molecule has 1 aromatic heterocycles. The van der Waals surface area contributed by atoms with Crippen LogP contribution in [0.3, 0.4) is 0 Å². The first-order valence-electron chi connectivity index (χ1n) is 6.65. The summed E-state index contributed by atoms with van der Waals surface area (Å²) in [6.45, 7) is 6.41. The maximum absolute atomic E-state index is 11.1. The number of aryl methyl sites for hydroxylation is 1. The highest BCUT2D eigenvalue weighted by molar-refractivity contribution is 5.99. The standard InChI is InChI=1S/C15H19N3O3/c1-10-7-11-12(8-16-10)14(18(19)20)6-5-13(11)17-15(2,3)9-21-4/h5-8,17H,9H2,1-4H3. The first kappa shape index (κ1) is 15.2. The minimum Gasteiger partial charge on any atom is -0.382 e. The minimum absolute atomic E-state index is 0.0626. The minimum atomic E-state index is -0.385. The second-order valence-corrected chi connectivity index (χ2v) is 5.70. The number of nitro benzene ring substituents is 1. The van der Waals surface area contributed by atoms with E-state index in [2.05, 4.69) is 10.3 Å². The van der Waals surface area contributed by atoms with Crippen molar-refractivity contribution in [2.45, 2.75) is 26.3 Å². The lowest BCUT2D eigenvalue weighted by Gasteiger charge is -2.27. The number of methoxy groups -OCH3 is 1. The van der Waals surface area contributed by atoms with Gasteiger partial charge in [0, 0.05) is 36.1 Å². The van der Waals surface area contributed by atoms with Gasteiger partial charge in [0.05, 0.1) is 22.5 Å². The monoisotopic (exact) mass is 289 g/mol. The van der Waals surface area contributed by atoms with Crippen LogP contribution in [0.2, 0.25) is 0 Å². The summed E-state index contributed by atoms with van der Waals surface area (Å²) in [5.74, 6) is 0. The molecule has 112 valence electrons. The molecule has 0 fully saturated rings. The maximum Gasteiger partial charge on any atom is 0.278 e. The van der Waals surface area contributed by atoms with Crippen LogP contribution >= 0.6 is 0 Å². The van der Waals surface area contributed by atoms with Crippen LogP contribution in [0.5, 0.6) is 0 Å². The number of aromatic nitrogens is 1. The summed E-state index contributed by atoms with van der Waals surface area (Å²) in [6, 6.07) is 5.09. The number of non-ortho nitro benzene ring substituents is 1. The maximum atomic E-state index is 11.1. The lowest BCUT2D eigenvalue weighted by molar-refractivity contribution is -0.383. The molecule has 21 heavy (non-hydrogen) atoms. The molecule has 6 nitrogen and oxygen atoms in total. The van der Waals surface area contributed by atoms with Crippen LogP contribution < -0.4 is 5.32 Å². The van der Waals surface area contributed by atoms with Crippen LogP contribution in [0, 0.1) is 17.0 Å². The molecule has 2 aromatic rings. The Balaban J connectivity index is 2.57. The van der Waals surface area contributed by atoms with Gasteiger partial charge in [-0.05, 0) is 32.9 Å². The molecule has 0 amide bonds. The lowest BCUT2D eigenvalue weighted by Crippen LogP contribution is -2.35. The van der Waals surface area contributed by atoms with Gasteiger partial charge in [-0.2, -0.15) is 0 Å². The van der Waals surface area contributed by atoms with E-state index in [4.69, 9.17) is 4.74 Å². The zero-order chi connectivity index (χ0) is 15.6. The van der Waals surface area contributed by atoms with E-state index in [1.54, 1.807) is 19.4 Å². The summed E-state index contributed by atoms with van der Waals surface area (Å²) in [5.41, 5.74) is 1.43. The van der Waals surface area contributed by atoms with Crippen LogP contribution in [-0.4, -0.2) is 29.2 Å². The molecule has 0 aliphatic carbocycles. The van der Waals surface area contributed by atoms with Gasteiger partial charge in [-0.1, -0.05) is 0 Å². The normalized spacial score (nSPS) is 11.6. The Morgan fingerprint density at radius 1 is 1.38 bits per heavy atom. The number of hydrogen-bond acceptors (Lipinski definition) is 5. The van der Waals surface area contributed by atoms with Crippen molar-refractivity contribution in [3.8, 4) is 0 Å². The third-order valence-corrected chi connectivity index (χ3v) is 3.19. The quantitative estimate of drug-likeness (QED) is 0.675. The second kappa shape index (κ2) is 5.65. The van der Waals surface area contributed by atoms with E-state index in [9.17, 15) is 10.1 Å². The van der Waals surface area contributed by atoms with Gasteiger partial charge in [0.15, 0.2) is 0 Å². The summed E-state index contributed by atoms with van der Waals surface area (Å²) in [6.07, 6.45) is 1.55. The van der Waals surface area contributed by atoms with Gasteiger partial charge in [-0.3, -0.25) is 15.1 Å². The molecule has 1 N–H and O–H groups in total. The Bertz CT molecular complexity index is 683. The smallest absolute Gasteiger partial charge is 0.278 e. The van der Waals surface area contributed by atoms with E-state index >= 15 is 0 Å². The van der Waals surface area contributed by atoms with E-state index in [0.717, 1.165) is 16.8 Å². The summed E-state index contributed by atoms with van der Waals surface area (Å²) in [7, 11) is 1.64. The highest BCUT2D eigenvalue weighted by atomic mass is 16.6. The number of rotatable bonds is 5. The first-order valence-corrected chi connectivity index (χ1v) is 6.65. The van der Waals surface area contributed by atoms with Crippen LogP contribution in [0.4, 0.5) is 11.4 Å². The van der Waals surface area contributed by atoms with Gasteiger partial charge in [0.25, 0.3) is 5.69 Å². The second-order valence-electron chi connectivity index (χ2n) is 5.70. The first-order chi connectivity index (χ1) is 9.84. The number of nitrogens with zero attached hydrogens (tertiary/aromatic N) is 2. The number of benzene rings is 1. The number of hydrogen-bond donors (Lipinski definition) is 1. The van der Waals surface area contributed by atoms with E-state index in [-0.39, 0.29) is 16.1 Å². The lowest BCUT2D eigenvalue weighted by atomic mass is 10.0. The van der Waals surface area contributed by atoms with Crippen LogP contribution in [0.1, 0.15) is 19.5 Å². The fourth-order valence-electron chi connectivity index (χ4n) is 2.36. The third kappa shape index (κ3) is 3.28. The van der Waals surface area contributed by atoms with E-state index in [1.807, 2.05) is 26.8 Å². The molecule has 0 bridgehead atoms. The topological polar surface area (TPSA) is 77.3 Å². The number of nitrogens with one attached hydrogen (secondary N) is 1. The van der Waals surface area contributed by atoms with Gasteiger partial charge in [-0.25, -0.2) is 0 Å². The Morgan fingerprint density at radius 3 is 2.71 bits per heavy atom. The van der Waals surface area contributed by atoms with Gasteiger partial charge in [0.1, 0.15) is 0 Å². The summed E-state index contributed by atoms with van der Waals surface area (Å²) < 4.78 is 5.19. The Morgan fingerprint density at radius 2 is 2.10 bits per heavy atom. The average Bonchev–Trinajstić information content (AvgIpc) is 2.38. The number of nitro groups is 1. The third-order valence-electron chi connectivity index (χ3n) is 3.19. The van der Waals surface area contributed by atoms with Crippen molar-refractivity contribution < 1.29 is 9.66 Å². The highest BCUT2D eigenvalue weighted by Crippen LogP contribution is 2.32. The molecular formula is C15H19N3O3. The van der Waals surface area contributed by atoms with Crippen molar-refractivity contribution in [1.29, 1.82) is 0 Å². The Hall–Kier alpha value is -2.21. The van der Waals surface area contributed by atoms with Crippen molar-refractivity contribution in [2.75, 3.05) is 19.0 Å². The SMILES string of the molecule is COCC(C)(C)Nc1ccc([N+](=O)[O-])c2cnc(C)cc12. The largest absolute Gasteiger partial charge is 0.382 e. The van der Waals surface area contributed by atoms with Crippen molar-refractivity contribution in [2.24, 2.45) is 0 Å². The Kier molecular flexibility index (Phi) is 4.09. The summed E-state index contributed by atoms with van der Waals surface area (Å²) >= 11 is 0. The molecule has 0 aliphatic heterocycles. The van der Waals surface area contributed by atoms with Gasteiger partial charge >= 0.3 is 0 Å². The fourth-order valence-corrected chi connectivity index (χ4v) is 2.36. The molecule has 1 aromatic carbocycles. The Labute approximate surface area is 123 Å². The van der Waals surface area contributed by atoms with Crippen LogP contribution in [-0.2, 0) is 4.74 Å². The zero-order valence-electron chi connectivity index (χ0n) is 12.6. The van der Waals surface area contributed by atoms with Crippen LogP contribution in [0.25, 0.3) is 10.8 Å². The summed E-state index contributed by atoms with van der Waals surface area (Å²) in [5, 5.41) is 15.8. The molecule has 0 radical (unpaired) electrons. The van der Waals surface area contributed by atoms with Crippen molar-refractivity contribution >= 4 is 22.1 Å². The molecular weight excluding hydrogens is 270 g/mol. The highest BCUT2D eigenvalue weighted by Gasteiger charge is 2.21. The molecule has 0 spiro atoms. The van der Waals surface area contributed by atoms with Crippen LogP contribution in [0.15, 0.2) is 24.4 Å². The zero-order valence-corrected chi connectivity index (χ0v) is 12.6. The number of ether oxygens (including phenoxy) is 1. The van der Waals surface area contributed by atoms with E-state index in [1.165, 1.54) is 6.07 Å². The molecule has 6 heteroatoms. The van der Waals surface area contributed by atoms with E-state index in [0.29, 0.717) is 12.0 Å². The van der Waals surface area contributed by atoms with Gasteiger partial charge in [-0.15, -0.1) is 0 Å². The molecule has 1 heterocycles. The predicted octanol–water partition coefficient (Wildman–Crippen LogP) is 3.29. The fraction of sp³-hybridized carbons (Fsp3) is 0.400. The van der Waals surface area contributed by atoms with Crippen molar-refractivity contribution in [3.63, 3.8) is 0 Å². The van der Waals surface area contributed by atoms with E-state index < -0.39 is 0 Å². The number of pyridine rings is 1. The molecule has 0 aliphatic rings. The number of fused-ring (bicyclic) bond motifs is 1. The molecule has 0 saturated heterocycles. The predicted molar refractivity (Wildman–Crippen MR) is 82.7 cm³/mol.